The fourth-order valence-corrected chi connectivity index (χ4v) is 4.35. The first-order chi connectivity index (χ1) is 12.6. The van der Waals surface area contributed by atoms with E-state index in [-0.39, 0.29) is 11.9 Å². The molecule has 1 atom stereocenters. The average Bonchev–Trinajstić information content (AvgIpc) is 3.04. The molecule has 2 saturated heterocycles. The van der Waals surface area contributed by atoms with Crippen molar-refractivity contribution in [2.75, 3.05) is 26.7 Å². The van der Waals surface area contributed by atoms with Crippen LogP contribution in [0.4, 0.5) is 0 Å². The Balaban J connectivity index is 1.36. The van der Waals surface area contributed by atoms with Gasteiger partial charge in [-0.25, -0.2) is 0 Å². The number of rotatable bonds is 4. The van der Waals surface area contributed by atoms with Gasteiger partial charge in [-0.15, -0.1) is 0 Å². The monoisotopic (exact) mass is 376 g/mol. The molecule has 1 aromatic carbocycles. The first-order valence-electron chi connectivity index (χ1n) is 9.37. The highest BCUT2D eigenvalue weighted by Gasteiger charge is 2.32. The third-order valence-electron chi connectivity index (χ3n) is 5.73. The van der Waals surface area contributed by atoms with Crippen molar-refractivity contribution in [3.8, 4) is 0 Å². The number of halogens is 1. The maximum atomic E-state index is 12.1. The molecular weight excluding hydrogens is 352 g/mol. The molecule has 26 heavy (non-hydrogen) atoms. The highest BCUT2D eigenvalue weighted by atomic mass is 35.5. The molecule has 2 aliphatic rings. The van der Waals surface area contributed by atoms with Crippen LogP contribution in [0.3, 0.4) is 0 Å². The number of aromatic nitrogens is 1. The molecule has 2 aromatic rings. The van der Waals surface area contributed by atoms with Crippen LogP contribution in [-0.4, -0.2) is 59.6 Å². The summed E-state index contributed by atoms with van der Waals surface area (Å²) < 4.78 is 5.41. The number of carbonyl (C=O) groups is 1. The third kappa shape index (κ3) is 3.59. The number of hydrogen-bond donors (Lipinski definition) is 1. The van der Waals surface area contributed by atoms with E-state index >= 15 is 0 Å². The summed E-state index contributed by atoms with van der Waals surface area (Å²) in [4.78, 5) is 16.8. The van der Waals surface area contributed by atoms with Gasteiger partial charge in [-0.2, -0.15) is 0 Å². The number of nitrogens with one attached hydrogen (secondary N) is 1. The van der Waals surface area contributed by atoms with Crippen LogP contribution in [0.1, 0.15) is 31.4 Å². The van der Waals surface area contributed by atoms with Gasteiger partial charge in [-0.3, -0.25) is 14.6 Å². The Kier molecular flexibility index (Phi) is 5.16. The van der Waals surface area contributed by atoms with Gasteiger partial charge >= 0.3 is 0 Å². The van der Waals surface area contributed by atoms with Crippen LogP contribution in [0.5, 0.6) is 0 Å². The van der Waals surface area contributed by atoms with Crippen molar-refractivity contribution >= 4 is 28.5 Å². The van der Waals surface area contributed by atoms with Crippen molar-refractivity contribution < 1.29 is 9.32 Å². The largest absolute Gasteiger partial charge is 0.356 e. The normalized spacial score (nSPS) is 22.9. The van der Waals surface area contributed by atoms with E-state index in [0.717, 1.165) is 68.5 Å². The van der Waals surface area contributed by atoms with E-state index in [4.69, 9.17) is 16.1 Å². The first kappa shape index (κ1) is 17.8. The lowest BCUT2D eigenvalue weighted by atomic mass is 9.98. The second-order valence-corrected chi connectivity index (χ2v) is 7.84. The highest BCUT2D eigenvalue weighted by molar-refractivity contribution is 6.31. The molecule has 1 aromatic heterocycles. The number of carbonyl (C=O) groups excluding carboxylic acids is 1. The predicted octanol–water partition coefficient (Wildman–Crippen LogP) is 2.66. The van der Waals surface area contributed by atoms with E-state index in [2.05, 4.69) is 27.3 Å². The van der Waals surface area contributed by atoms with Crippen molar-refractivity contribution in [1.29, 1.82) is 0 Å². The molecule has 7 heteroatoms. The predicted molar refractivity (Wildman–Crippen MR) is 101 cm³/mol. The molecule has 2 fully saturated rings. The molecule has 6 nitrogen and oxygen atoms in total. The summed E-state index contributed by atoms with van der Waals surface area (Å²) in [5.74, 6) is 0.203. The van der Waals surface area contributed by atoms with E-state index in [9.17, 15) is 4.79 Å². The van der Waals surface area contributed by atoms with E-state index in [0.29, 0.717) is 11.1 Å². The van der Waals surface area contributed by atoms with Crippen molar-refractivity contribution in [2.45, 2.75) is 44.3 Å². The van der Waals surface area contributed by atoms with Gasteiger partial charge in [0.25, 0.3) is 0 Å². The average molecular weight is 377 g/mol. The Bertz CT molecular complexity index is 785. The van der Waals surface area contributed by atoms with Crippen LogP contribution in [0.15, 0.2) is 22.7 Å². The van der Waals surface area contributed by atoms with Crippen LogP contribution >= 0.6 is 11.6 Å². The topological polar surface area (TPSA) is 61.6 Å². The first-order valence-corrected chi connectivity index (χ1v) is 9.75. The lowest BCUT2D eigenvalue weighted by Crippen LogP contribution is -2.54. The van der Waals surface area contributed by atoms with Gasteiger partial charge in [0.2, 0.25) is 5.91 Å². The summed E-state index contributed by atoms with van der Waals surface area (Å²) in [7, 11) is 2.14. The molecule has 0 saturated carbocycles. The minimum absolute atomic E-state index is 0.0663. The highest BCUT2D eigenvalue weighted by Crippen LogP contribution is 2.26. The van der Waals surface area contributed by atoms with Gasteiger partial charge in [0.15, 0.2) is 5.58 Å². The van der Waals surface area contributed by atoms with Crippen LogP contribution < -0.4 is 5.32 Å². The zero-order valence-electron chi connectivity index (χ0n) is 15.1. The van der Waals surface area contributed by atoms with Gasteiger partial charge in [0, 0.05) is 42.6 Å². The van der Waals surface area contributed by atoms with E-state index in [1.165, 1.54) is 0 Å². The number of piperidine rings is 2. The molecule has 4 rings (SSSR count). The van der Waals surface area contributed by atoms with Crippen LogP contribution in [0, 0.1) is 0 Å². The zero-order valence-corrected chi connectivity index (χ0v) is 15.8. The van der Waals surface area contributed by atoms with Gasteiger partial charge in [0.05, 0.1) is 6.04 Å². The Hall–Kier alpha value is -1.63. The Morgan fingerprint density at radius 3 is 2.92 bits per heavy atom. The molecule has 2 aliphatic heterocycles. The molecule has 3 heterocycles. The SMILES string of the molecule is CN(Cc1noc2ccc(Cl)cc12)C1CCN(C2CCCNC2=O)CC1. The number of hydrogen-bond acceptors (Lipinski definition) is 5. The molecular formula is C19H25ClN4O2. The zero-order chi connectivity index (χ0) is 18.1. The molecule has 0 radical (unpaired) electrons. The molecule has 0 bridgehead atoms. The van der Waals surface area contributed by atoms with Gasteiger partial charge < -0.3 is 9.84 Å². The van der Waals surface area contributed by atoms with Crippen molar-refractivity contribution in [1.82, 2.24) is 20.3 Å². The summed E-state index contributed by atoms with van der Waals surface area (Å²) in [5, 5.41) is 8.91. The number of amides is 1. The second-order valence-electron chi connectivity index (χ2n) is 7.40. The lowest BCUT2D eigenvalue weighted by Gasteiger charge is -2.40. The summed E-state index contributed by atoms with van der Waals surface area (Å²) in [5.41, 5.74) is 1.70. The van der Waals surface area contributed by atoms with Crippen LogP contribution in [0.2, 0.25) is 5.02 Å². The second kappa shape index (κ2) is 7.55. The van der Waals surface area contributed by atoms with E-state index in [1.54, 1.807) is 0 Å². The maximum absolute atomic E-state index is 12.1. The number of fused-ring (bicyclic) bond motifs is 1. The summed E-state index contributed by atoms with van der Waals surface area (Å²) >= 11 is 6.11. The Labute approximate surface area is 158 Å². The summed E-state index contributed by atoms with van der Waals surface area (Å²) in [6, 6.07) is 6.16. The van der Waals surface area contributed by atoms with Crippen molar-refractivity contribution in [3.63, 3.8) is 0 Å². The smallest absolute Gasteiger partial charge is 0.237 e. The Morgan fingerprint density at radius 1 is 1.35 bits per heavy atom. The van der Waals surface area contributed by atoms with Gasteiger partial charge in [-0.1, -0.05) is 16.8 Å². The molecule has 1 unspecified atom stereocenters. The molecule has 1 N–H and O–H groups in total. The quantitative estimate of drug-likeness (QED) is 0.888. The molecule has 140 valence electrons. The number of nitrogens with zero attached hydrogens (tertiary/aromatic N) is 3. The Morgan fingerprint density at radius 2 is 2.15 bits per heavy atom. The van der Waals surface area contributed by atoms with E-state index < -0.39 is 0 Å². The number of benzene rings is 1. The minimum atomic E-state index is 0.0663. The van der Waals surface area contributed by atoms with Crippen molar-refractivity contribution in [2.24, 2.45) is 0 Å². The summed E-state index contributed by atoms with van der Waals surface area (Å²) in [6.07, 6.45) is 4.20. The fraction of sp³-hybridized carbons (Fsp3) is 0.579. The van der Waals surface area contributed by atoms with E-state index in [1.807, 2.05) is 18.2 Å². The maximum Gasteiger partial charge on any atom is 0.237 e. The van der Waals surface area contributed by atoms with Gasteiger partial charge in [0.1, 0.15) is 5.69 Å². The minimum Gasteiger partial charge on any atom is -0.356 e. The molecule has 1 amide bonds. The fourth-order valence-electron chi connectivity index (χ4n) is 4.18. The molecule has 0 spiro atoms. The van der Waals surface area contributed by atoms with Gasteiger partial charge in [-0.05, 0) is 50.9 Å². The van der Waals surface area contributed by atoms with Crippen LogP contribution in [-0.2, 0) is 11.3 Å². The lowest BCUT2D eigenvalue weighted by molar-refractivity contribution is -0.129. The van der Waals surface area contributed by atoms with Crippen LogP contribution in [0.25, 0.3) is 11.0 Å². The number of likely N-dealkylation sites (tertiary alicyclic amines) is 1. The molecule has 0 aliphatic carbocycles. The standard InChI is InChI=1S/C19H25ClN4O2/c1-23(12-16-15-11-13(20)4-5-18(15)26-22-16)14-6-9-24(10-7-14)17-3-2-8-21-19(17)25/h4-5,11,14,17H,2-3,6-10,12H2,1H3,(H,21,25). The summed E-state index contributed by atoms with van der Waals surface area (Å²) in [6.45, 7) is 3.50. The third-order valence-corrected chi connectivity index (χ3v) is 5.96. The van der Waals surface area contributed by atoms with Crippen molar-refractivity contribution in [3.05, 3.63) is 28.9 Å².